The molecule has 0 aromatic heterocycles. The van der Waals surface area contributed by atoms with E-state index < -0.39 is 4.92 Å². The summed E-state index contributed by atoms with van der Waals surface area (Å²) in [4.78, 5) is 15.1. The summed E-state index contributed by atoms with van der Waals surface area (Å²) < 4.78 is 11.6. The summed E-state index contributed by atoms with van der Waals surface area (Å²) in [6, 6.07) is 12.7. The number of ether oxygens (including phenoxy) is 2. The van der Waals surface area contributed by atoms with Crippen LogP contribution >= 0.6 is 0 Å². The lowest BCUT2D eigenvalue weighted by Gasteiger charge is -2.18. The van der Waals surface area contributed by atoms with Crippen LogP contribution in [0.15, 0.2) is 47.5 Å². The zero-order chi connectivity index (χ0) is 21.3. The second kappa shape index (κ2) is 10.6. The Kier molecular flexibility index (Phi) is 7.62. The quantitative estimate of drug-likeness (QED) is 0.299. The van der Waals surface area contributed by atoms with Gasteiger partial charge in [0.25, 0.3) is 5.69 Å². The highest BCUT2D eigenvalue weighted by Gasteiger charge is 2.18. The maximum Gasteiger partial charge on any atom is 0.269 e. The smallest absolute Gasteiger partial charge is 0.269 e. The molecular formula is C22H28N4O4. The molecule has 1 heterocycles. The normalized spacial score (nSPS) is 16.3. The summed E-state index contributed by atoms with van der Waals surface area (Å²) >= 11 is 0. The average Bonchev–Trinajstić information content (AvgIpc) is 3.24. The zero-order valence-corrected chi connectivity index (χ0v) is 17.4. The number of rotatable bonds is 8. The molecule has 8 nitrogen and oxygen atoms in total. The van der Waals surface area contributed by atoms with Gasteiger partial charge in [0, 0.05) is 37.2 Å². The highest BCUT2D eigenvalue weighted by atomic mass is 16.6. The molecule has 2 aromatic rings. The van der Waals surface area contributed by atoms with Crippen LogP contribution in [0.25, 0.3) is 0 Å². The molecule has 1 fully saturated rings. The Labute approximate surface area is 176 Å². The molecule has 2 N–H and O–H groups in total. The summed E-state index contributed by atoms with van der Waals surface area (Å²) in [5.74, 6) is 1.49. The van der Waals surface area contributed by atoms with Gasteiger partial charge in [-0.15, -0.1) is 0 Å². The van der Waals surface area contributed by atoms with Crippen LogP contribution in [-0.2, 0) is 17.8 Å². The van der Waals surface area contributed by atoms with Crippen molar-refractivity contribution in [1.29, 1.82) is 0 Å². The van der Waals surface area contributed by atoms with E-state index in [9.17, 15) is 10.1 Å². The Morgan fingerprint density at radius 3 is 2.90 bits per heavy atom. The molecule has 2 aromatic carbocycles. The number of hydrogen-bond donors (Lipinski definition) is 2. The zero-order valence-electron chi connectivity index (χ0n) is 17.4. The van der Waals surface area contributed by atoms with Crippen molar-refractivity contribution in [2.45, 2.75) is 39.5 Å². The molecule has 0 radical (unpaired) electrons. The molecule has 0 amide bonds. The first-order valence-corrected chi connectivity index (χ1v) is 10.1. The number of nitrogens with one attached hydrogen (secondary N) is 2. The van der Waals surface area contributed by atoms with Gasteiger partial charge in [0.1, 0.15) is 11.9 Å². The SMILES string of the molecule is CCNC(=NCc1cccc([N+](=O)[O-])c1)NCc1ccc(C)cc1OC1CCOC1. The lowest BCUT2D eigenvalue weighted by atomic mass is 10.1. The van der Waals surface area contributed by atoms with E-state index in [-0.39, 0.29) is 11.8 Å². The second-order valence-electron chi connectivity index (χ2n) is 7.19. The molecule has 30 heavy (non-hydrogen) atoms. The van der Waals surface area contributed by atoms with Crippen LogP contribution in [0.5, 0.6) is 5.75 Å². The second-order valence-corrected chi connectivity index (χ2v) is 7.19. The fraction of sp³-hybridized carbons (Fsp3) is 0.409. The van der Waals surface area contributed by atoms with Gasteiger partial charge < -0.3 is 20.1 Å². The molecule has 0 aliphatic carbocycles. The number of benzene rings is 2. The molecule has 1 aliphatic rings. The largest absolute Gasteiger partial charge is 0.488 e. The number of aliphatic imine (C=N–C) groups is 1. The molecule has 0 saturated carbocycles. The summed E-state index contributed by atoms with van der Waals surface area (Å²) in [7, 11) is 0. The van der Waals surface area contributed by atoms with Crippen LogP contribution in [0.3, 0.4) is 0 Å². The van der Waals surface area contributed by atoms with Crippen molar-refractivity contribution >= 4 is 11.6 Å². The van der Waals surface area contributed by atoms with Gasteiger partial charge in [-0.25, -0.2) is 4.99 Å². The van der Waals surface area contributed by atoms with E-state index in [0.29, 0.717) is 32.2 Å². The van der Waals surface area contributed by atoms with E-state index in [1.165, 1.54) is 6.07 Å². The van der Waals surface area contributed by atoms with E-state index in [1.807, 2.05) is 26.0 Å². The van der Waals surface area contributed by atoms with Crippen LogP contribution in [-0.4, -0.2) is 36.7 Å². The lowest BCUT2D eigenvalue weighted by Crippen LogP contribution is -2.37. The molecule has 0 spiro atoms. The van der Waals surface area contributed by atoms with Crippen molar-refractivity contribution in [3.05, 3.63) is 69.3 Å². The number of nitro groups is 1. The summed E-state index contributed by atoms with van der Waals surface area (Å²) in [6.07, 6.45) is 0.982. The summed E-state index contributed by atoms with van der Waals surface area (Å²) in [6.45, 7) is 6.98. The highest BCUT2D eigenvalue weighted by Crippen LogP contribution is 2.24. The van der Waals surface area contributed by atoms with Crippen LogP contribution in [0.2, 0.25) is 0 Å². The van der Waals surface area contributed by atoms with Gasteiger partial charge in [-0.1, -0.05) is 24.3 Å². The van der Waals surface area contributed by atoms with E-state index in [4.69, 9.17) is 9.47 Å². The van der Waals surface area contributed by atoms with Gasteiger partial charge in [0.05, 0.1) is 24.7 Å². The predicted octanol–water partition coefficient (Wildman–Crippen LogP) is 3.33. The van der Waals surface area contributed by atoms with Crippen molar-refractivity contribution in [2.24, 2.45) is 4.99 Å². The molecule has 1 atom stereocenters. The number of non-ortho nitro benzene ring substituents is 1. The van der Waals surface area contributed by atoms with Gasteiger partial charge in [0.15, 0.2) is 5.96 Å². The van der Waals surface area contributed by atoms with Gasteiger partial charge in [-0.3, -0.25) is 10.1 Å². The van der Waals surface area contributed by atoms with Crippen LogP contribution < -0.4 is 15.4 Å². The third-order valence-corrected chi connectivity index (χ3v) is 4.74. The van der Waals surface area contributed by atoms with Gasteiger partial charge in [-0.2, -0.15) is 0 Å². The average molecular weight is 412 g/mol. The van der Waals surface area contributed by atoms with Crippen molar-refractivity contribution in [3.8, 4) is 5.75 Å². The first-order chi connectivity index (χ1) is 14.5. The number of hydrogen-bond acceptors (Lipinski definition) is 5. The standard InChI is InChI=1S/C22H28N4O4/c1-3-23-22(24-13-17-5-4-6-19(12-17)26(27)28)25-14-18-8-7-16(2)11-21(18)30-20-9-10-29-15-20/h4-8,11-12,20H,3,9-10,13-15H2,1-2H3,(H2,23,24,25). The number of aryl methyl sites for hydroxylation is 1. The van der Waals surface area contributed by atoms with E-state index >= 15 is 0 Å². The Hall–Kier alpha value is -3.13. The van der Waals surface area contributed by atoms with E-state index in [2.05, 4.69) is 27.8 Å². The summed E-state index contributed by atoms with van der Waals surface area (Å²) in [5, 5.41) is 17.5. The maximum absolute atomic E-state index is 11.0. The minimum absolute atomic E-state index is 0.0676. The van der Waals surface area contributed by atoms with Crippen LogP contribution in [0.4, 0.5) is 5.69 Å². The van der Waals surface area contributed by atoms with Gasteiger partial charge in [-0.05, 0) is 31.0 Å². The number of nitro benzene ring substituents is 1. The summed E-state index contributed by atoms with van der Waals surface area (Å²) in [5.41, 5.74) is 3.02. The van der Waals surface area contributed by atoms with Crippen molar-refractivity contribution < 1.29 is 14.4 Å². The maximum atomic E-state index is 11.0. The first kappa shape index (κ1) is 21.6. The molecule has 1 saturated heterocycles. The molecule has 0 bridgehead atoms. The van der Waals surface area contributed by atoms with Crippen molar-refractivity contribution in [2.75, 3.05) is 19.8 Å². The minimum atomic E-state index is -0.398. The fourth-order valence-electron chi connectivity index (χ4n) is 3.16. The Bertz CT molecular complexity index is 894. The number of nitrogens with zero attached hydrogens (tertiary/aromatic N) is 2. The monoisotopic (exact) mass is 412 g/mol. The fourth-order valence-corrected chi connectivity index (χ4v) is 3.16. The van der Waals surface area contributed by atoms with Crippen molar-refractivity contribution in [3.63, 3.8) is 0 Å². The molecule has 160 valence electrons. The molecule has 1 unspecified atom stereocenters. The topological polar surface area (TPSA) is 98.0 Å². The molecule has 8 heteroatoms. The third kappa shape index (κ3) is 6.18. The molecular weight excluding hydrogens is 384 g/mol. The molecule has 3 rings (SSSR count). The lowest BCUT2D eigenvalue weighted by molar-refractivity contribution is -0.384. The molecule has 1 aliphatic heterocycles. The predicted molar refractivity (Wildman–Crippen MR) is 116 cm³/mol. The minimum Gasteiger partial charge on any atom is -0.488 e. The van der Waals surface area contributed by atoms with E-state index in [0.717, 1.165) is 35.5 Å². The van der Waals surface area contributed by atoms with Crippen LogP contribution in [0.1, 0.15) is 30.0 Å². The number of guanidine groups is 1. The van der Waals surface area contributed by atoms with E-state index in [1.54, 1.807) is 12.1 Å². The van der Waals surface area contributed by atoms with Crippen LogP contribution in [0, 0.1) is 17.0 Å². The van der Waals surface area contributed by atoms with Gasteiger partial charge in [0.2, 0.25) is 0 Å². The Morgan fingerprint density at radius 2 is 2.17 bits per heavy atom. The van der Waals surface area contributed by atoms with Crippen molar-refractivity contribution in [1.82, 2.24) is 10.6 Å². The Morgan fingerprint density at radius 1 is 1.30 bits per heavy atom. The third-order valence-electron chi connectivity index (χ3n) is 4.74. The highest BCUT2D eigenvalue weighted by molar-refractivity contribution is 5.79. The first-order valence-electron chi connectivity index (χ1n) is 10.1. The Balaban J connectivity index is 1.67. The van der Waals surface area contributed by atoms with Gasteiger partial charge >= 0.3 is 0 Å².